The van der Waals surface area contributed by atoms with Crippen LogP contribution in [-0.2, 0) is 5.41 Å². The summed E-state index contributed by atoms with van der Waals surface area (Å²) in [5, 5.41) is 2.36. The lowest BCUT2D eigenvalue weighted by Gasteiger charge is -2.21. The molecule has 1 aliphatic carbocycles. The van der Waals surface area contributed by atoms with Gasteiger partial charge in [-0.2, -0.15) is 0 Å². The Morgan fingerprint density at radius 2 is 0.818 bits per heavy atom. The van der Waals surface area contributed by atoms with Gasteiger partial charge in [-0.05, 0) is 84.6 Å². The summed E-state index contributed by atoms with van der Waals surface area (Å²) in [6.45, 7) is 4.67. The lowest BCUT2D eigenvalue weighted by molar-refractivity contribution is 0.660. The molecule has 0 aliphatic heterocycles. The maximum atomic E-state index is 5.30. The molecule has 260 valence electrons. The molecule has 8 aromatic carbocycles. The van der Waals surface area contributed by atoms with Crippen molar-refractivity contribution in [3.05, 3.63) is 205 Å². The number of nitrogens with zero attached hydrogens (tertiary/aromatic N) is 2. The average Bonchev–Trinajstić information content (AvgIpc) is 3.49. The molecule has 1 aromatic heterocycles. The van der Waals surface area contributed by atoms with E-state index in [4.69, 9.17) is 9.97 Å². The van der Waals surface area contributed by atoms with Gasteiger partial charge in [0.2, 0.25) is 0 Å². The minimum Gasteiger partial charge on any atom is -0.228 e. The minimum absolute atomic E-state index is 0.0280. The average molecular weight is 703 g/mol. The Hall–Kier alpha value is -6.90. The van der Waals surface area contributed by atoms with Gasteiger partial charge >= 0.3 is 0 Å². The third kappa shape index (κ3) is 5.66. The molecule has 1 aliphatic rings. The number of fused-ring (bicyclic) bond motifs is 4. The van der Waals surface area contributed by atoms with Crippen LogP contribution in [-0.4, -0.2) is 9.97 Å². The quantitative estimate of drug-likeness (QED) is 0.172. The van der Waals surface area contributed by atoms with Gasteiger partial charge < -0.3 is 0 Å². The molecule has 2 nitrogen and oxygen atoms in total. The standard InChI is InChI=1S/C53H38N2/c1-53(2)48-25-15-14-24-43(48)47-33-39(27-31-49(47)53)40-29-30-44(42-23-13-12-22-41(40)42)50-34-51(55-52(54-50)37-20-10-5-11-21-37)45-28-26-38(35-16-6-3-7-17-35)32-46(45)36-18-8-4-9-19-36/h3-34H,1-2H3. The topological polar surface area (TPSA) is 25.8 Å². The highest BCUT2D eigenvalue weighted by molar-refractivity contribution is 6.05. The Morgan fingerprint density at radius 1 is 0.309 bits per heavy atom. The number of benzene rings is 8. The van der Waals surface area contributed by atoms with Crippen molar-refractivity contribution in [2.75, 3.05) is 0 Å². The van der Waals surface area contributed by atoms with Crippen molar-refractivity contribution in [1.82, 2.24) is 9.97 Å². The summed E-state index contributed by atoms with van der Waals surface area (Å²) < 4.78 is 0. The zero-order valence-electron chi connectivity index (χ0n) is 30.9. The van der Waals surface area contributed by atoms with Gasteiger partial charge in [0.1, 0.15) is 0 Å². The van der Waals surface area contributed by atoms with E-state index in [1.807, 2.05) is 6.07 Å². The van der Waals surface area contributed by atoms with E-state index < -0.39 is 0 Å². The lowest BCUT2D eigenvalue weighted by atomic mass is 9.82. The molecular weight excluding hydrogens is 665 g/mol. The van der Waals surface area contributed by atoms with Gasteiger partial charge in [0, 0.05) is 22.1 Å². The molecular formula is C53H38N2. The number of hydrogen-bond acceptors (Lipinski definition) is 2. The lowest BCUT2D eigenvalue weighted by Crippen LogP contribution is -2.14. The summed E-state index contributed by atoms with van der Waals surface area (Å²) in [6, 6.07) is 69.6. The van der Waals surface area contributed by atoms with Gasteiger partial charge in [-0.15, -0.1) is 0 Å². The monoisotopic (exact) mass is 702 g/mol. The fourth-order valence-corrected chi connectivity index (χ4v) is 8.54. The Bertz CT molecular complexity index is 2870. The van der Waals surface area contributed by atoms with Gasteiger partial charge in [0.25, 0.3) is 0 Å². The first-order chi connectivity index (χ1) is 27.0. The molecule has 0 fully saturated rings. The second kappa shape index (κ2) is 13.2. The van der Waals surface area contributed by atoms with Crippen LogP contribution in [0.5, 0.6) is 0 Å². The fraction of sp³-hybridized carbons (Fsp3) is 0.0566. The van der Waals surface area contributed by atoms with Crippen LogP contribution in [0.25, 0.3) is 89.2 Å². The minimum atomic E-state index is -0.0280. The second-order valence-corrected chi connectivity index (χ2v) is 15.0. The van der Waals surface area contributed by atoms with E-state index in [-0.39, 0.29) is 5.41 Å². The summed E-state index contributed by atoms with van der Waals surface area (Å²) in [5.41, 5.74) is 17.4. The highest BCUT2D eigenvalue weighted by Crippen LogP contribution is 2.50. The molecule has 55 heavy (non-hydrogen) atoms. The van der Waals surface area contributed by atoms with E-state index in [9.17, 15) is 0 Å². The van der Waals surface area contributed by atoms with Gasteiger partial charge in [-0.3, -0.25) is 0 Å². The Kier molecular flexibility index (Phi) is 7.85. The van der Waals surface area contributed by atoms with Crippen LogP contribution in [0.15, 0.2) is 194 Å². The SMILES string of the molecule is CC1(C)c2ccccc2-c2cc(-c3ccc(-c4cc(-c5ccc(-c6ccccc6)cc5-c5ccccc5)nc(-c5ccccc5)n4)c4ccccc34)ccc21. The van der Waals surface area contributed by atoms with Crippen molar-refractivity contribution >= 4 is 10.8 Å². The smallest absolute Gasteiger partial charge is 0.160 e. The van der Waals surface area contributed by atoms with Crippen LogP contribution in [0.3, 0.4) is 0 Å². The zero-order valence-corrected chi connectivity index (χ0v) is 30.9. The number of hydrogen-bond donors (Lipinski definition) is 0. The van der Waals surface area contributed by atoms with Gasteiger partial charge in [-0.1, -0.05) is 190 Å². The largest absolute Gasteiger partial charge is 0.228 e. The Morgan fingerprint density at radius 3 is 1.55 bits per heavy atom. The van der Waals surface area contributed by atoms with E-state index in [1.54, 1.807) is 0 Å². The van der Waals surface area contributed by atoms with Crippen LogP contribution in [0.1, 0.15) is 25.0 Å². The molecule has 0 bridgehead atoms. The fourth-order valence-electron chi connectivity index (χ4n) is 8.54. The van der Waals surface area contributed by atoms with E-state index in [2.05, 4.69) is 202 Å². The molecule has 10 rings (SSSR count). The maximum absolute atomic E-state index is 5.30. The Labute approximate surface area is 322 Å². The van der Waals surface area contributed by atoms with Gasteiger partial charge in [0.15, 0.2) is 5.82 Å². The number of rotatable bonds is 6. The van der Waals surface area contributed by atoms with Crippen LogP contribution < -0.4 is 0 Å². The van der Waals surface area contributed by atoms with Crippen molar-refractivity contribution < 1.29 is 0 Å². The van der Waals surface area contributed by atoms with Gasteiger partial charge in [-0.25, -0.2) is 9.97 Å². The van der Waals surface area contributed by atoms with Crippen LogP contribution >= 0.6 is 0 Å². The van der Waals surface area contributed by atoms with Crippen molar-refractivity contribution in [3.8, 4) is 78.4 Å². The maximum Gasteiger partial charge on any atom is 0.160 e. The van der Waals surface area contributed by atoms with Crippen LogP contribution in [0, 0.1) is 0 Å². The predicted molar refractivity (Wildman–Crippen MR) is 230 cm³/mol. The molecule has 0 spiro atoms. The van der Waals surface area contributed by atoms with E-state index in [1.165, 1.54) is 49.9 Å². The molecule has 0 N–H and O–H groups in total. The second-order valence-electron chi connectivity index (χ2n) is 15.0. The predicted octanol–water partition coefficient (Wildman–Crippen LogP) is 13.9. The molecule has 0 amide bonds. The van der Waals surface area contributed by atoms with Crippen LogP contribution in [0.2, 0.25) is 0 Å². The van der Waals surface area contributed by atoms with Crippen molar-refractivity contribution in [2.45, 2.75) is 19.3 Å². The summed E-state index contributed by atoms with van der Waals surface area (Å²) in [6.07, 6.45) is 0. The molecule has 0 saturated carbocycles. The van der Waals surface area contributed by atoms with Crippen molar-refractivity contribution in [3.63, 3.8) is 0 Å². The van der Waals surface area contributed by atoms with E-state index >= 15 is 0 Å². The molecule has 0 atom stereocenters. The van der Waals surface area contributed by atoms with E-state index in [0.717, 1.165) is 44.6 Å². The molecule has 9 aromatic rings. The molecule has 0 saturated heterocycles. The summed E-state index contributed by atoms with van der Waals surface area (Å²) in [5.74, 6) is 0.701. The summed E-state index contributed by atoms with van der Waals surface area (Å²) >= 11 is 0. The third-order valence-corrected chi connectivity index (χ3v) is 11.3. The first-order valence-corrected chi connectivity index (χ1v) is 19.0. The van der Waals surface area contributed by atoms with Crippen LogP contribution in [0.4, 0.5) is 0 Å². The summed E-state index contributed by atoms with van der Waals surface area (Å²) in [4.78, 5) is 10.6. The molecule has 2 heteroatoms. The van der Waals surface area contributed by atoms with Crippen molar-refractivity contribution in [1.29, 1.82) is 0 Å². The molecule has 0 unspecified atom stereocenters. The number of aromatic nitrogens is 2. The Balaban J connectivity index is 1.16. The zero-order chi connectivity index (χ0) is 36.9. The highest BCUT2D eigenvalue weighted by Gasteiger charge is 2.35. The van der Waals surface area contributed by atoms with Gasteiger partial charge in [0.05, 0.1) is 11.4 Å². The normalized spacial score (nSPS) is 12.7. The first-order valence-electron chi connectivity index (χ1n) is 19.0. The van der Waals surface area contributed by atoms with E-state index in [0.29, 0.717) is 5.82 Å². The molecule has 0 radical (unpaired) electrons. The third-order valence-electron chi connectivity index (χ3n) is 11.3. The highest BCUT2D eigenvalue weighted by atomic mass is 14.9. The summed E-state index contributed by atoms with van der Waals surface area (Å²) in [7, 11) is 0. The first kappa shape index (κ1) is 32.7. The molecule has 1 heterocycles. The van der Waals surface area contributed by atoms with Crippen molar-refractivity contribution in [2.24, 2.45) is 0 Å².